The smallest absolute Gasteiger partial charge is 0.255 e. The van der Waals surface area contributed by atoms with E-state index in [9.17, 15) is 4.79 Å². The van der Waals surface area contributed by atoms with Crippen molar-refractivity contribution in [2.45, 2.75) is 26.3 Å². The number of rotatable bonds is 5. The summed E-state index contributed by atoms with van der Waals surface area (Å²) in [6, 6.07) is 2.43. The minimum atomic E-state index is -0.0242. The van der Waals surface area contributed by atoms with Crippen molar-refractivity contribution < 1.29 is 4.79 Å². The maximum Gasteiger partial charge on any atom is 0.255 e. The Kier molecular flexibility index (Phi) is 4.31. The summed E-state index contributed by atoms with van der Waals surface area (Å²) in [5, 5.41) is 11.7. The molecule has 0 bridgehead atoms. The average Bonchev–Trinajstić information content (AvgIpc) is 3.02. The van der Waals surface area contributed by atoms with E-state index < -0.39 is 0 Å². The summed E-state index contributed by atoms with van der Waals surface area (Å²) in [5.41, 5.74) is 3.69. The Bertz CT molecular complexity index is 658. The molecule has 0 aromatic carbocycles. The largest absolute Gasteiger partial charge is 0.350 e. The van der Waals surface area contributed by atoms with E-state index in [1.165, 1.54) is 12.0 Å². The molecule has 1 N–H and O–H groups in total. The third-order valence-electron chi connectivity index (χ3n) is 4.45. The summed E-state index contributed by atoms with van der Waals surface area (Å²) in [7, 11) is 1.87. The van der Waals surface area contributed by atoms with E-state index in [1.54, 1.807) is 16.0 Å². The molecule has 1 aliphatic heterocycles. The van der Waals surface area contributed by atoms with Gasteiger partial charge >= 0.3 is 0 Å². The molecule has 1 fully saturated rings. The normalized spacial score (nSPS) is 16.3. The van der Waals surface area contributed by atoms with Gasteiger partial charge in [0.2, 0.25) is 0 Å². The second kappa shape index (κ2) is 6.22. The minimum Gasteiger partial charge on any atom is -0.350 e. The van der Waals surface area contributed by atoms with Crippen LogP contribution in [0.3, 0.4) is 0 Å². The van der Waals surface area contributed by atoms with Crippen LogP contribution >= 0.6 is 11.3 Å². The van der Waals surface area contributed by atoms with Crippen LogP contribution in [0.1, 0.15) is 39.8 Å². The number of aryl methyl sites for hydroxylation is 2. The van der Waals surface area contributed by atoms with Crippen LogP contribution in [0.2, 0.25) is 0 Å². The highest BCUT2D eigenvalue weighted by Gasteiger charge is 2.27. The maximum absolute atomic E-state index is 12.5. The van der Waals surface area contributed by atoms with Gasteiger partial charge in [0, 0.05) is 32.4 Å². The van der Waals surface area contributed by atoms with E-state index in [0.29, 0.717) is 12.1 Å². The Balaban J connectivity index is 1.71. The van der Waals surface area contributed by atoms with Gasteiger partial charge in [-0.1, -0.05) is 0 Å². The van der Waals surface area contributed by atoms with Crippen LogP contribution < -0.4 is 5.32 Å². The van der Waals surface area contributed by atoms with E-state index in [-0.39, 0.29) is 11.9 Å². The van der Waals surface area contributed by atoms with Gasteiger partial charge in [-0.05, 0) is 42.7 Å². The number of amides is 1. The lowest BCUT2D eigenvalue weighted by Crippen LogP contribution is -2.45. The zero-order valence-corrected chi connectivity index (χ0v) is 14.1. The third-order valence-corrected chi connectivity index (χ3v) is 5.15. The highest BCUT2D eigenvalue weighted by atomic mass is 32.1. The molecule has 1 aliphatic rings. The number of nitrogens with one attached hydrogen (secondary N) is 1. The lowest BCUT2D eigenvalue weighted by Gasteiger charge is -2.38. The van der Waals surface area contributed by atoms with Crippen LogP contribution in [0.5, 0.6) is 0 Å². The van der Waals surface area contributed by atoms with Crippen molar-refractivity contribution in [3.05, 3.63) is 39.3 Å². The molecule has 0 unspecified atom stereocenters. The number of hydrogen-bond acceptors (Lipinski definition) is 4. The van der Waals surface area contributed by atoms with E-state index >= 15 is 0 Å². The molecule has 2 aromatic heterocycles. The summed E-state index contributed by atoms with van der Waals surface area (Å²) >= 11 is 1.71. The van der Waals surface area contributed by atoms with Gasteiger partial charge in [-0.15, -0.1) is 0 Å². The number of carbonyl (C=O) groups is 1. The fourth-order valence-electron chi connectivity index (χ4n) is 2.95. The molecule has 3 rings (SSSR count). The van der Waals surface area contributed by atoms with Gasteiger partial charge in [-0.2, -0.15) is 16.4 Å². The quantitative estimate of drug-likeness (QED) is 0.920. The van der Waals surface area contributed by atoms with E-state index in [4.69, 9.17) is 0 Å². The minimum absolute atomic E-state index is 0.0242. The van der Waals surface area contributed by atoms with Crippen molar-refractivity contribution in [2.75, 3.05) is 19.6 Å². The molecule has 22 heavy (non-hydrogen) atoms. The lowest BCUT2D eigenvalue weighted by molar-refractivity contribution is 0.0884. The van der Waals surface area contributed by atoms with Gasteiger partial charge in [0.25, 0.3) is 5.91 Å². The molecule has 1 saturated heterocycles. The number of hydrogen-bond donors (Lipinski definition) is 1. The Morgan fingerprint density at radius 2 is 2.23 bits per heavy atom. The first-order valence-electron chi connectivity index (χ1n) is 7.62. The second-order valence-corrected chi connectivity index (χ2v) is 6.62. The zero-order valence-electron chi connectivity index (χ0n) is 13.3. The Morgan fingerprint density at radius 3 is 2.73 bits per heavy atom. The van der Waals surface area contributed by atoms with Crippen molar-refractivity contribution in [2.24, 2.45) is 7.05 Å². The summed E-state index contributed by atoms with van der Waals surface area (Å²) in [6.07, 6.45) is 1.25. The highest BCUT2D eigenvalue weighted by molar-refractivity contribution is 7.07. The predicted octanol–water partition coefficient (Wildman–Crippen LogP) is 2.28. The molecule has 3 heterocycles. The van der Waals surface area contributed by atoms with Crippen molar-refractivity contribution in [3.63, 3.8) is 0 Å². The molecule has 1 amide bonds. The summed E-state index contributed by atoms with van der Waals surface area (Å²) in [4.78, 5) is 14.9. The fraction of sp³-hybridized carbons (Fsp3) is 0.500. The second-order valence-electron chi connectivity index (χ2n) is 5.84. The standard InChI is InChI=1S/C16H22N4OS/c1-11-15(12(2)19(3)18-11)16(21)17-9-14(20-6-4-7-20)13-5-8-22-10-13/h5,8,10,14H,4,6-7,9H2,1-3H3,(H,17,21)/t14-/m0/s1. The van der Waals surface area contributed by atoms with E-state index in [2.05, 4.69) is 32.1 Å². The fourth-order valence-corrected chi connectivity index (χ4v) is 3.66. The molecular formula is C16H22N4OS. The maximum atomic E-state index is 12.5. The summed E-state index contributed by atoms with van der Waals surface area (Å²) in [5.74, 6) is -0.0242. The van der Waals surface area contributed by atoms with Crippen LogP contribution in [0, 0.1) is 13.8 Å². The number of thiophene rings is 1. The number of carbonyl (C=O) groups excluding carboxylic acids is 1. The highest BCUT2D eigenvalue weighted by Crippen LogP contribution is 2.26. The Hall–Kier alpha value is -1.66. The molecule has 0 saturated carbocycles. The van der Waals surface area contributed by atoms with E-state index in [0.717, 1.165) is 24.5 Å². The molecule has 1 atom stereocenters. The molecule has 0 spiro atoms. The molecule has 0 radical (unpaired) electrons. The predicted molar refractivity (Wildman–Crippen MR) is 88.3 cm³/mol. The summed E-state index contributed by atoms with van der Waals surface area (Å²) in [6.45, 7) is 6.68. The zero-order chi connectivity index (χ0) is 15.7. The van der Waals surface area contributed by atoms with Gasteiger partial charge in [-0.25, -0.2) is 0 Å². The van der Waals surface area contributed by atoms with Crippen molar-refractivity contribution in [1.82, 2.24) is 20.0 Å². The first kappa shape index (κ1) is 15.2. The molecule has 118 valence electrons. The van der Waals surface area contributed by atoms with Crippen molar-refractivity contribution in [3.8, 4) is 0 Å². The van der Waals surface area contributed by atoms with Crippen LogP contribution in [-0.2, 0) is 7.05 Å². The van der Waals surface area contributed by atoms with Crippen LogP contribution in [0.15, 0.2) is 16.8 Å². The monoisotopic (exact) mass is 318 g/mol. The van der Waals surface area contributed by atoms with Gasteiger partial charge in [0.1, 0.15) is 0 Å². The Morgan fingerprint density at radius 1 is 1.45 bits per heavy atom. The van der Waals surface area contributed by atoms with Gasteiger partial charge in [0.05, 0.1) is 17.3 Å². The van der Waals surface area contributed by atoms with Crippen molar-refractivity contribution in [1.29, 1.82) is 0 Å². The van der Waals surface area contributed by atoms with Gasteiger partial charge < -0.3 is 5.32 Å². The lowest BCUT2D eigenvalue weighted by atomic mass is 10.0. The molecule has 6 heteroatoms. The Labute approximate surface area is 134 Å². The van der Waals surface area contributed by atoms with Crippen LogP contribution in [0.4, 0.5) is 0 Å². The number of likely N-dealkylation sites (tertiary alicyclic amines) is 1. The average molecular weight is 318 g/mol. The molecular weight excluding hydrogens is 296 g/mol. The van der Waals surface area contributed by atoms with Gasteiger partial charge in [0.15, 0.2) is 0 Å². The first-order chi connectivity index (χ1) is 10.6. The first-order valence-corrected chi connectivity index (χ1v) is 8.56. The number of aromatic nitrogens is 2. The summed E-state index contributed by atoms with van der Waals surface area (Å²) < 4.78 is 1.76. The molecule has 5 nitrogen and oxygen atoms in total. The third kappa shape index (κ3) is 2.80. The van der Waals surface area contributed by atoms with Gasteiger partial charge in [-0.3, -0.25) is 14.4 Å². The SMILES string of the molecule is Cc1nn(C)c(C)c1C(=O)NC[C@@H](c1ccsc1)N1CCC1. The molecule has 2 aromatic rings. The number of nitrogens with zero attached hydrogens (tertiary/aromatic N) is 3. The molecule has 0 aliphatic carbocycles. The van der Waals surface area contributed by atoms with Crippen LogP contribution in [-0.4, -0.2) is 40.2 Å². The van der Waals surface area contributed by atoms with Crippen LogP contribution in [0.25, 0.3) is 0 Å². The van der Waals surface area contributed by atoms with Crippen molar-refractivity contribution >= 4 is 17.2 Å². The van der Waals surface area contributed by atoms with E-state index in [1.807, 2.05) is 20.9 Å². The topological polar surface area (TPSA) is 50.2 Å².